The van der Waals surface area contributed by atoms with Crippen molar-refractivity contribution < 1.29 is 14.3 Å². The number of halogens is 1. The number of ether oxygens (including phenoxy) is 2. The average Bonchev–Trinajstić information content (AvgIpc) is 3.10. The van der Waals surface area contributed by atoms with Gasteiger partial charge in [-0.15, -0.1) is 0 Å². The lowest BCUT2D eigenvalue weighted by Crippen LogP contribution is -2.26. The van der Waals surface area contributed by atoms with Crippen molar-refractivity contribution in [3.8, 4) is 17.2 Å². The topological polar surface area (TPSA) is 65.4 Å². The van der Waals surface area contributed by atoms with Crippen molar-refractivity contribution in [2.45, 2.75) is 13.3 Å². The molecule has 1 aliphatic rings. The van der Waals surface area contributed by atoms with Gasteiger partial charge in [-0.25, -0.2) is 4.68 Å². The Morgan fingerprint density at radius 1 is 1.18 bits per heavy atom. The molecule has 1 aromatic heterocycles. The summed E-state index contributed by atoms with van der Waals surface area (Å²) in [5.74, 6) is 1.03. The molecule has 0 unspecified atom stereocenters. The number of fused-ring (bicyclic) bond motifs is 1. The lowest BCUT2D eigenvalue weighted by molar-refractivity contribution is 0.0948. The summed E-state index contributed by atoms with van der Waals surface area (Å²) in [5, 5.41) is 7.86. The van der Waals surface area contributed by atoms with E-state index in [-0.39, 0.29) is 5.91 Å². The minimum Gasteiger partial charge on any atom is -0.486 e. The van der Waals surface area contributed by atoms with Crippen LogP contribution in [0.3, 0.4) is 0 Å². The highest BCUT2D eigenvalue weighted by Gasteiger charge is 2.17. The standard InChI is InChI=1S/C21H20ClN3O3/c1-14-11-18(24-25(14)16-5-3-2-4-6-16)21(26)23-8-7-15-12-17(22)20-19(13-15)27-9-10-28-20/h2-6,11-13H,7-10H2,1H3,(H,23,26). The Balaban J connectivity index is 1.40. The summed E-state index contributed by atoms with van der Waals surface area (Å²) in [5.41, 5.74) is 3.18. The predicted molar refractivity (Wildman–Crippen MR) is 107 cm³/mol. The number of aromatic nitrogens is 2. The summed E-state index contributed by atoms with van der Waals surface area (Å²) >= 11 is 6.26. The van der Waals surface area contributed by atoms with E-state index in [2.05, 4.69) is 10.4 Å². The Morgan fingerprint density at radius 3 is 2.79 bits per heavy atom. The second kappa shape index (κ2) is 7.94. The van der Waals surface area contributed by atoms with Gasteiger partial charge in [-0.05, 0) is 49.2 Å². The molecule has 7 heteroatoms. The first kappa shape index (κ1) is 18.4. The van der Waals surface area contributed by atoms with Crippen molar-refractivity contribution >= 4 is 17.5 Å². The van der Waals surface area contributed by atoms with Gasteiger partial charge in [-0.2, -0.15) is 5.10 Å². The van der Waals surface area contributed by atoms with Gasteiger partial charge in [0.1, 0.15) is 13.2 Å². The molecule has 1 amide bonds. The van der Waals surface area contributed by atoms with Crippen LogP contribution in [-0.4, -0.2) is 35.4 Å². The second-order valence-corrected chi connectivity index (χ2v) is 6.93. The van der Waals surface area contributed by atoms with Crippen molar-refractivity contribution in [3.63, 3.8) is 0 Å². The van der Waals surface area contributed by atoms with Gasteiger partial charge in [0.2, 0.25) is 0 Å². The molecule has 1 aliphatic heterocycles. The number of nitrogens with one attached hydrogen (secondary N) is 1. The average molecular weight is 398 g/mol. The van der Waals surface area contributed by atoms with Gasteiger partial charge in [-0.1, -0.05) is 29.8 Å². The Morgan fingerprint density at radius 2 is 1.96 bits per heavy atom. The molecule has 0 saturated carbocycles. The molecule has 0 spiro atoms. The van der Waals surface area contributed by atoms with Crippen molar-refractivity contribution in [2.24, 2.45) is 0 Å². The van der Waals surface area contributed by atoms with E-state index in [4.69, 9.17) is 21.1 Å². The summed E-state index contributed by atoms with van der Waals surface area (Å²) in [4.78, 5) is 12.5. The highest BCUT2D eigenvalue weighted by atomic mass is 35.5. The maximum Gasteiger partial charge on any atom is 0.271 e. The third kappa shape index (κ3) is 3.82. The Bertz CT molecular complexity index is 1000. The number of carbonyl (C=O) groups excluding carboxylic acids is 1. The van der Waals surface area contributed by atoms with Crippen LogP contribution in [0.2, 0.25) is 5.02 Å². The van der Waals surface area contributed by atoms with Gasteiger partial charge in [0.15, 0.2) is 17.2 Å². The fraction of sp³-hybridized carbons (Fsp3) is 0.238. The molecule has 3 aromatic rings. The predicted octanol–water partition coefficient (Wildman–Crippen LogP) is 3.58. The van der Waals surface area contributed by atoms with Crippen LogP contribution in [0.4, 0.5) is 0 Å². The van der Waals surface area contributed by atoms with E-state index in [9.17, 15) is 4.79 Å². The van der Waals surface area contributed by atoms with Crippen LogP contribution >= 0.6 is 11.6 Å². The maximum absolute atomic E-state index is 12.5. The van der Waals surface area contributed by atoms with Crippen LogP contribution in [0.5, 0.6) is 11.5 Å². The van der Waals surface area contributed by atoms with Gasteiger partial charge in [0.05, 0.1) is 10.7 Å². The molecule has 6 nitrogen and oxygen atoms in total. The largest absolute Gasteiger partial charge is 0.486 e. The first-order chi connectivity index (χ1) is 13.6. The number of benzene rings is 2. The number of amides is 1. The highest BCUT2D eigenvalue weighted by Crippen LogP contribution is 2.38. The van der Waals surface area contributed by atoms with E-state index >= 15 is 0 Å². The normalized spacial score (nSPS) is 12.6. The minimum atomic E-state index is -0.207. The molecular weight excluding hydrogens is 378 g/mol. The Labute approximate surface area is 168 Å². The number of carbonyl (C=O) groups is 1. The SMILES string of the molecule is Cc1cc(C(=O)NCCc2cc(Cl)c3c(c2)OCCO3)nn1-c1ccccc1. The smallest absolute Gasteiger partial charge is 0.271 e. The van der Waals surface area contributed by atoms with Crippen molar-refractivity contribution in [3.05, 3.63) is 70.5 Å². The molecule has 0 saturated heterocycles. The first-order valence-corrected chi connectivity index (χ1v) is 9.48. The number of hydrogen-bond donors (Lipinski definition) is 1. The number of nitrogens with zero attached hydrogens (tertiary/aromatic N) is 2. The first-order valence-electron chi connectivity index (χ1n) is 9.10. The van der Waals surface area contributed by atoms with Crippen molar-refractivity contribution in [1.82, 2.24) is 15.1 Å². The fourth-order valence-corrected chi connectivity index (χ4v) is 3.42. The molecule has 4 rings (SSSR count). The van der Waals surface area contributed by atoms with Gasteiger partial charge >= 0.3 is 0 Å². The quantitative estimate of drug-likeness (QED) is 0.714. The molecular formula is C21H20ClN3O3. The van der Waals surface area contributed by atoms with Gasteiger partial charge < -0.3 is 14.8 Å². The highest BCUT2D eigenvalue weighted by molar-refractivity contribution is 6.32. The van der Waals surface area contributed by atoms with Crippen molar-refractivity contribution in [1.29, 1.82) is 0 Å². The number of aryl methyl sites for hydroxylation is 1. The van der Waals surface area contributed by atoms with E-state index < -0.39 is 0 Å². The summed E-state index contributed by atoms with van der Waals surface area (Å²) < 4.78 is 12.9. The fourth-order valence-electron chi connectivity index (χ4n) is 3.14. The second-order valence-electron chi connectivity index (χ2n) is 6.53. The van der Waals surface area contributed by atoms with Gasteiger partial charge in [0.25, 0.3) is 5.91 Å². The Kier molecular flexibility index (Phi) is 5.21. The molecule has 28 heavy (non-hydrogen) atoms. The molecule has 2 heterocycles. The van der Waals surface area contributed by atoms with Gasteiger partial charge in [-0.3, -0.25) is 4.79 Å². The molecule has 1 N–H and O–H groups in total. The number of rotatable bonds is 5. The van der Waals surface area contributed by atoms with Crippen LogP contribution in [0.1, 0.15) is 21.7 Å². The summed E-state index contributed by atoms with van der Waals surface area (Å²) in [6, 6.07) is 15.3. The third-order valence-corrected chi connectivity index (χ3v) is 4.76. The lowest BCUT2D eigenvalue weighted by atomic mass is 10.1. The maximum atomic E-state index is 12.5. The van der Waals surface area contributed by atoms with Crippen LogP contribution in [0.15, 0.2) is 48.5 Å². The molecule has 0 fully saturated rings. The molecule has 2 aromatic carbocycles. The molecule has 0 aliphatic carbocycles. The van der Waals surface area contributed by atoms with E-state index in [1.165, 1.54) is 0 Å². The molecule has 0 bridgehead atoms. The van der Waals surface area contributed by atoms with Crippen molar-refractivity contribution in [2.75, 3.05) is 19.8 Å². The van der Waals surface area contributed by atoms with Crippen LogP contribution in [-0.2, 0) is 6.42 Å². The monoisotopic (exact) mass is 397 g/mol. The number of para-hydroxylation sites is 1. The zero-order chi connectivity index (χ0) is 19.5. The minimum absolute atomic E-state index is 0.207. The van der Waals surface area contributed by atoms with E-state index in [1.54, 1.807) is 10.7 Å². The molecule has 0 atom stereocenters. The summed E-state index contributed by atoms with van der Waals surface area (Å²) in [6.45, 7) is 3.39. The van der Waals surface area contributed by atoms with E-state index in [0.717, 1.165) is 16.9 Å². The van der Waals surface area contributed by atoms with Crippen LogP contribution in [0, 0.1) is 6.92 Å². The lowest BCUT2D eigenvalue weighted by Gasteiger charge is -2.20. The Hall–Kier alpha value is -2.99. The zero-order valence-corrected chi connectivity index (χ0v) is 16.2. The van der Waals surface area contributed by atoms with Gasteiger partial charge in [0, 0.05) is 12.2 Å². The number of hydrogen-bond acceptors (Lipinski definition) is 4. The molecule has 0 radical (unpaired) electrons. The summed E-state index contributed by atoms with van der Waals surface area (Å²) in [6.07, 6.45) is 0.625. The summed E-state index contributed by atoms with van der Waals surface area (Å²) in [7, 11) is 0. The molecule has 144 valence electrons. The zero-order valence-electron chi connectivity index (χ0n) is 15.4. The van der Waals surface area contributed by atoms with Crippen LogP contribution < -0.4 is 14.8 Å². The van der Waals surface area contributed by atoms with Crippen LogP contribution in [0.25, 0.3) is 5.69 Å². The van der Waals surface area contributed by atoms with E-state index in [0.29, 0.717) is 48.4 Å². The van der Waals surface area contributed by atoms with E-state index in [1.807, 2.05) is 49.4 Å². The third-order valence-electron chi connectivity index (χ3n) is 4.48.